The standard InChI is InChI=1S/C11H19N3S/c1-9-14-11(8-15-9)3-5-13-7-10-2-4-12-6-10/h8,10,12-13H,2-7H2,1H3. The molecule has 1 aliphatic heterocycles. The lowest BCUT2D eigenvalue weighted by Gasteiger charge is -2.08. The summed E-state index contributed by atoms with van der Waals surface area (Å²) in [4.78, 5) is 4.45. The quantitative estimate of drug-likeness (QED) is 0.739. The van der Waals surface area contributed by atoms with Crippen LogP contribution in [0.3, 0.4) is 0 Å². The Balaban J connectivity index is 1.58. The molecule has 2 heterocycles. The number of nitrogens with zero attached hydrogens (tertiary/aromatic N) is 1. The minimum Gasteiger partial charge on any atom is -0.316 e. The zero-order valence-electron chi connectivity index (χ0n) is 9.25. The van der Waals surface area contributed by atoms with Crippen molar-refractivity contribution >= 4 is 11.3 Å². The maximum absolute atomic E-state index is 4.45. The second-order valence-electron chi connectivity index (χ2n) is 4.17. The Kier molecular flexibility index (Phi) is 4.11. The monoisotopic (exact) mass is 225 g/mol. The number of rotatable bonds is 5. The van der Waals surface area contributed by atoms with Gasteiger partial charge in [-0.1, -0.05) is 0 Å². The molecule has 1 unspecified atom stereocenters. The molecule has 4 heteroatoms. The molecule has 0 aliphatic carbocycles. The average molecular weight is 225 g/mol. The lowest BCUT2D eigenvalue weighted by Crippen LogP contribution is -2.26. The van der Waals surface area contributed by atoms with Gasteiger partial charge >= 0.3 is 0 Å². The second-order valence-corrected chi connectivity index (χ2v) is 5.23. The van der Waals surface area contributed by atoms with Crippen LogP contribution in [0.2, 0.25) is 0 Å². The maximum Gasteiger partial charge on any atom is 0.0897 e. The Morgan fingerprint density at radius 2 is 2.60 bits per heavy atom. The highest BCUT2D eigenvalue weighted by atomic mass is 32.1. The Morgan fingerprint density at radius 3 is 3.27 bits per heavy atom. The summed E-state index contributed by atoms with van der Waals surface area (Å²) in [7, 11) is 0. The first-order chi connectivity index (χ1) is 7.34. The summed E-state index contributed by atoms with van der Waals surface area (Å²) in [5.74, 6) is 0.835. The van der Waals surface area contributed by atoms with Crippen LogP contribution in [0.25, 0.3) is 0 Å². The molecule has 1 atom stereocenters. The molecule has 2 N–H and O–H groups in total. The minimum atomic E-state index is 0.835. The lowest BCUT2D eigenvalue weighted by molar-refractivity contribution is 0.514. The van der Waals surface area contributed by atoms with Crippen LogP contribution in [-0.4, -0.2) is 31.2 Å². The van der Waals surface area contributed by atoms with Gasteiger partial charge in [0.15, 0.2) is 0 Å². The fraction of sp³-hybridized carbons (Fsp3) is 0.727. The summed E-state index contributed by atoms with van der Waals surface area (Å²) in [5, 5.41) is 10.2. The molecule has 1 fully saturated rings. The van der Waals surface area contributed by atoms with Crippen LogP contribution in [0.5, 0.6) is 0 Å². The van der Waals surface area contributed by atoms with Gasteiger partial charge in [0.25, 0.3) is 0 Å². The molecule has 0 radical (unpaired) electrons. The first-order valence-electron chi connectivity index (χ1n) is 5.67. The van der Waals surface area contributed by atoms with Crippen molar-refractivity contribution in [3.63, 3.8) is 0 Å². The van der Waals surface area contributed by atoms with Crippen molar-refractivity contribution in [2.24, 2.45) is 5.92 Å². The molecule has 0 spiro atoms. The van der Waals surface area contributed by atoms with Crippen molar-refractivity contribution in [3.8, 4) is 0 Å². The molecule has 0 saturated carbocycles. The summed E-state index contributed by atoms with van der Waals surface area (Å²) < 4.78 is 0. The first-order valence-corrected chi connectivity index (χ1v) is 6.55. The topological polar surface area (TPSA) is 37.0 Å². The minimum absolute atomic E-state index is 0.835. The van der Waals surface area contributed by atoms with Gasteiger partial charge in [-0.3, -0.25) is 0 Å². The first kappa shape index (κ1) is 11.0. The van der Waals surface area contributed by atoms with Crippen LogP contribution in [0.4, 0.5) is 0 Å². The van der Waals surface area contributed by atoms with Gasteiger partial charge in [0.05, 0.1) is 10.7 Å². The van der Waals surface area contributed by atoms with Crippen LogP contribution in [-0.2, 0) is 6.42 Å². The van der Waals surface area contributed by atoms with Gasteiger partial charge in [-0.2, -0.15) is 0 Å². The zero-order valence-corrected chi connectivity index (χ0v) is 10.1. The molecule has 15 heavy (non-hydrogen) atoms. The molecule has 0 bridgehead atoms. The molecule has 0 amide bonds. The highest BCUT2D eigenvalue weighted by Crippen LogP contribution is 2.08. The van der Waals surface area contributed by atoms with E-state index in [2.05, 4.69) is 27.9 Å². The molecule has 3 nitrogen and oxygen atoms in total. The average Bonchev–Trinajstić information content (AvgIpc) is 2.84. The van der Waals surface area contributed by atoms with Gasteiger partial charge in [0.1, 0.15) is 0 Å². The van der Waals surface area contributed by atoms with E-state index in [4.69, 9.17) is 0 Å². The summed E-state index contributed by atoms with van der Waals surface area (Å²) in [5.41, 5.74) is 1.23. The van der Waals surface area contributed by atoms with E-state index < -0.39 is 0 Å². The van der Waals surface area contributed by atoms with E-state index in [1.807, 2.05) is 0 Å². The second kappa shape index (κ2) is 5.58. The molecule has 1 aromatic rings. The number of hydrogen-bond donors (Lipinski definition) is 2. The molecule has 1 saturated heterocycles. The fourth-order valence-electron chi connectivity index (χ4n) is 1.93. The lowest BCUT2D eigenvalue weighted by atomic mass is 10.1. The molecular weight excluding hydrogens is 206 g/mol. The third kappa shape index (κ3) is 3.55. The van der Waals surface area contributed by atoms with Crippen molar-refractivity contribution in [1.29, 1.82) is 0 Å². The van der Waals surface area contributed by atoms with Crippen LogP contribution in [0.15, 0.2) is 5.38 Å². The Morgan fingerprint density at radius 1 is 1.67 bits per heavy atom. The molecule has 2 rings (SSSR count). The predicted octanol–water partition coefficient (Wildman–Crippen LogP) is 1.19. The van der Waals surface area contributed by atoms with Crippen LogP contribution in [0, 0.1) is 12.8 Å². The van der Waals surface area contributed by atoms with Crippen LogP contribution >= 0.6 is 11.3 Å². The summed E-state index contributed by atoms with van der Waals surface area (Å²) in [6, 6.07) is 0. The van der Waals surface area contributed by atoms with Gasteiger partial charge < -0.3 is 10.6 Å². The van der Waals surface area contributed by atoms with E-state index in [0.29, 0.717) is 0 Å². The highest BCUT2D eigenvalue weighted by Gasteiger charge is 2.13. The number of aromatic nitrogens is 1. The number of nitrogens with one attached hydrogen (secondary N) is 2. The molecule has 1 aromatic heterocycles. The van der Waals surface area contributed by atoms with Gasteiger partial charge in [-0.05, 0) is 38.9 Å². The zero-order chi connectivity index (χ0) is 10.5. The maximum atomic E-state index is 4.45. The van der Waals surface area contributed by atoms with Gasteiger partial charge in [0.2, 0.25) is 0 Å². The highest BCUT2D eigenvalue weighted by molar-refractivity contribution is 7.09. The van der Waals surface area contributed by atoms with Crippen molar-refractivity contribution in [2.45, 2.75) is 19.8 Å². The van der Waals surface area contributed by atoms with E-state index in [0.717, 1.165) is 25.4 Å². The van der Waals surface area contributed by atoms with E-state index >= 15 is 0 Å². The normalized spacial score (nSPS) is 21.0. The van der Waals surface area contributed by atoms with E-state index in [-0.39, 0.29) is 0 Å². The SMILES string of the molecule is Cc1nc(CCNCC2CCNC2)cs1. The Labute approximate surface area is 95.3 Å². The van der Waals surface area contributed by atoms with Gasteiger partial charge in [-0.15, -0.1) is 11.3 Å². The summed E-state index contributed by atoms with van der Waals surface area (Å²) >= 11 is 1.74. The number of aryl methyl sites for hydroxylation is 1. The smallest absolute Gasteiger partial charge is 0.0897 e. The summed E-state index contributed by atoms with van der Waals surface area (Å²) in [6.45, 7) is 6.64. The molecule has 1 aliphatic rings. The predicted molar refractivity (Wildman–Crippen MR) is 64.4 cm³/mol. The largest absolute Gasteiger partial charge is 0.316 e. The number of thiazole rings is 1. The third-order valence-corrected chi connectivity index (χ3v) is 3.64. The van der Waals surface area contributed by atoms with Crippen molar-refractivity contribution in [3.05, 3.63) is 16.1 Å². The van der Waals surface area contributed by atoms with E-state index in [1.54, 1.807) is 11.3 Å². The number of hydrogen-bond acceptors (Lipinski definition) is 4. The van der Waals surface area contributed by atoms with Gasteiger partial charge in [-0.25, -0.2) is 4.98 Å². The Hall–Kier alpha value is -0.450. The summed E-state index contributed by atoms with van der Waals surface area (Å²) in [6.07, 6.45) is 2.38. The van der Waals surface area contributed by atoms with E-state index in [9.17, 15) is 0 Å². The molecular formula is C11H19N3S. The van der Waals surface area contributed by atoms with Crippen molar-refractivity contribution in [1.82, 2.24) is 15.6 Å². The van der Waals surface area contributed by atoms with E-state index in [1.165, 1.54) is 30.2 Å². The van der Waals surface area contributed by atoms with Crippen LogP contribution in [0.1, 0.15) is 17.1 Å². The van der Waals surface area contributed by atoms with Crippen molar-refractivity contribution < 1.29 is 0 Å². The molecule has 84 valence electrons. The Bertz CT molecular complexity index is 292. The van der Waals surface area contributed by atoms with Gasteiger partial charge in [0, 0.05) is 18.3 Å². The molecule has 0 aromatic carbocycles. The van der Waals surface area contributed by atoms with Crippen molar-refractivity contribution in [2.75, 3.05) is 26.2 Å². The fourth-order valence-corrected chi connectivity index (χ4v) is 2.58. The van der Waals surface area contributed by atoms with Crippen LogP contribution < -0.4 is 10.6 Å². The third-order valence-electron chi connectivity index (χ3n) is 2.82.